The molecule has 0 radical (unpaired) electrons. The molecule has 0 aliphatic heterocycles. The maximum atomic E-state index is 8.35. The molecule has 3 nitrogen and oxygen atoms in total. The first-order chi connectivity index (χ1) is 3.68. The number of nitrogens with two attached hydrogens (primary N) is 2. The Morgan fingerprint density at radius 1 is 1.30 bits per heavy atom. The molecule has 0 amide bonds. The van der Waals surface area contributed by atoms with E-state index in [0.717, 1.165) is 0 Å². The van der Waals surface area contributed by atoms with E-state index in [1.165, 1.54) is 0 Å². The SMILES string of the molecule is CC(N)C(N)CCO.F.F. The Labute approximate surface area is 59.1 Å². The van der Waals surface area contributed by atoms with E-state index in [1.54, 1.807) is 0 Å². The minimum absolute atomic E-state index is 0. The number of hydrogen-bond donors (Lipinski definition) is 3. The van der Waals surface area contributed by atoms with E-state index in [9.17, 15) is 0 Å². The van der Waals surface area contributed by atoms with Crippen LogP contribution in [0.2, 0.25) is 0 Å². The zero-order valence-electron chi connectivity index (χ0n) is 5.99. The molecule has 0 rings (SSSR count). The fourth-order valence-electron chi connectivity index (χ4n) is 0.412. The van der Waals surface area contributed by atoms with E-state index >= 15 is 0 Å². The van der Waals surface area contributed by atoms with Gasteiger partial charge in [-0.3, -0.25) is 9.41 Å². The Balaban J connectivity index is -0.000000245. The molecular formula is C5H16F2N2O. The monoisotopic (exact) mass is 158 g/mol. The highest BCUT2D eigenvalue weighted by atomic mass is 19.0. The largest absolute Gasteiger partial charge is 0.396 e. The van der Waals surface area contributed by atoms with Crippen molar-refractivity contribution in [2.24, 2.45) is 11.5 Å². The van der Waals surface area contributed by atoms with Crippen molar-refractivity contribution < 1.29 is 14.5 Å². The molecule has 0 saturated carbocycles. The third-order valence-corrected chi connectivity index (χ3v) is 1.14. The van der Waals surface area contributed by atoms with Crippen molar-refractivity contribution in [1.82, 2.24) is 0 Å². The Bertz CT molecular complexity index is 63.6. The summed E-state index contributed by atoms with van der Waals surface area (Å²) in [5.41, 5.74) is 10.8. The minimum Gasteiger partial charge on any atom is -0.396 e. The van der Waals surface area contributed by atoms with Crippen molar-refractivity contribution in [3.63, 3.8) is 0 Å². The normalized spacial score (nSPS) is 14.4. The van der Waals surface area contributed by atoms with Crippen LogP contribution in [0.25, 0.3) is 0 Å². The van der Waals surface area contributed by atoms with Gasteiger partial charge < -0.3 is 16.6 Å². The first-order valence-electron chi connectivity index (χ1n) is 2.80. The molecule has 0 aromatic rings. The van der Waals surface area contributed by atoms with Crippen LogP contribution >= 0.6 is 0 Å². The molecular weight excluding hydrogens is 142 g/mol. The van der Waals surface area contributed by atoms with Gasteiger partial charge in [0, 0.05) is 18.7 Å². The molecule has 2 unspecified atom stereocenters. The lowest BCUT2D eigenvalue weighted by molar-refractivity contribution is 0.269. The average Bonchev–Trinajstić information content (AvgIpc) is 1.67. The van der Waals surface area contributed by atoms with Crippen LogP contribution < -0.4 is 11.5 Å². The highest BCUT2D eigenvalue weighted by molar-refractivity contribution is 4.69. The van der Waals surface area contributed by atoms with Crippen LogP contribution in [0.4, 0.5) is 9.41 Å². The highest BCUT2D eigenvalue weighted by Crippen LogP contribution is 1.89. The molecule has 0 aliphatic carbocycles. The summed E-state index contributed by atoms with van der Waals surface area (Å²) in [7, 11) is 0. The van der Waals surface area contributed by atoms with Gasteiger partial charge in [-0.25, -0.2) is 0 Å². The van der Waals surface area contributed by atoms with Crippen molar-refractivity contribution in [2.75, 3.05) is 6.61 Å². The van der Waals surface area contributed by atoms with Gasteiger partial charge in [-0.15, -0.1) is 0 Å². The second kappa shape index (κ2) is 8.74. The standard InChI is InChI=1S/C5H14N2O.2FH/c1-4(6)5(7)2-3-8;;/h4-5,8H,2-3,6-7H2,1H3;2*1H. The quantitative estimate of drug-likeness (QED) is 0.511. The summed E-state index contributed by atoms with van der Waals surface area (Å²) in [6.07, 6.45) is 0.595. The summed E-state index contributed by atoms with van der Waals surface area (Å²) < 4.78 is 0. The molecule has 0 heterocycles. The topological polar surface area (TPSA) is 72.3 Å². The van der Waals surface area contributed by atoms with Crippen molar-refractivity contribution in [3.8, 4) is 0 Å². The summed E-state index contributed by atoms with van der Waals surface area (Å²) in [4.78, 5) is 0. The van der Waals surface area contributed by atoms with Crippen LogP contribution in [0.1, 0.15) is 13.3 Å². The third kappa shape index (κ3) is 7.74. The van der Waals surface area contributed by atoms with E-state index in [0.29, 0.717) is 6.42 Å². The molecule has 0 saturated heterocycles. The lowest BCUT2D eigenvalue weighted by Crippen LogP contribution is -2.39. The predicted molar refractivity (Wildman–Crippen MR) is 38.3 cm³/mol. The summed E-state index contributed by atoms with van der Waals surface area (Å²) >= 11 is 0. The van der Waals surface area contributed by atoms with E-state index in [-0.39, 0.29) is 28.1 Å². The van der Waals surface area contributed by atoms with Gasteiger partial charge in [-0.05, 0) is 13.3 Å². The fraction of sp³-hybridized carbons (Fsp3) is 1.00. The number of rotatable bonds is 3. The first kappa shape index (κ1) is 16.4. The van der Waals surface area contributed by atoms with Gasteiger partial charge >= 0.3 is 0 Å². The van der Waals surface area contributed by atoms with Crippen LogP contribution in [0.5, 0.6) is 0 Å². The summed E-state index contributed by atoms with van der Waals surface area (Å²) in [6, 6.07) is -0.0675. The third-order valence-electron chi connectivity index (χ3n) is 1.14. The Morgan fingerprint density at radius 2 is 1.70 bits per heavy atom. The number of aliphatic hydroxyl groups is 1. The van der Waals surface area contributed by atoms with Gasteiger partial charge in [0.2, 0.25) is 0 Å². The molecule has 5 N–H and O–H groups in total. The molecule has 66 valence electrons. The van der Waals surface area contributed by atoms with E-state index in [4.69, 9.17) is 16.6 Å². The Kier molecular flexibility index (Phi) is 14.3. The summed E-state index contributed by atoms with van der Waals surface area (Å²) in [5.74, 6) is 0. The molecule has 0 spiro atoms. The second-order valence-corrected chi connectivity index (χ2v) is 2.04. The smallest absolute Gasteiger partial charge is 0.0446 e. The molecule has 0 fully saturated rings. The molecule has 0 bridgehead atoms. The molecule has 5 heteroatoms. The lowest BCUT2D eigenvalue weighted by atomic mass is 10.1. The van der Waals surface area contributed by atoms with Crippen molar-refractivity contribution >= 4 is 0 Å². The van der Waals surface area contributed by atoms with Crippen LogP contribution in [0.15, 0.2) is 0 Å². The summed E-state index contributed by atoms with van der Waals surface area (Å²) in [5, 5.41) is 8.35. The van der Waals surface area contributed by atoms with Crippen LogP contribution in [0, 0.1) is 0 Å². The van der Waals surface area contributed by atoms with Gasteiger partial charge in [0.15, 0.2) is 0 Å². The Hall–Kier alpha value is -0.260. The van der Waals surface area contributed by atoms with Crippen LogP contribution in [0.3, 0.4) is 0 Å². The summed E-state index contributed by atoms with van der Waals surface area (Å²) in [6.45, 7) is 1.96. The number of hydrogen-bond acceptors (Lipinski definition) is 3. The van der Waals surface area contributed by atoms with E-state index in [1.807, 2.05) is 6.92 Å². The van der Waals surface area contributed by atoms with Crippen molar-refractivity contribution in [3.05, 3.63) is 0 Å². The predicted octanol–water partition coefficient (Wildman–Crippen LogP) is -0.652. The molecule has 0 aromatic carbocycles. The minimum atomic E-state index is -0.0556. The van der Waals surface area contributed by atoms with E-state index in [2.05, 4.69) is 0 Å². The maximum Gasteiger partial charge on any atom is 0.0446 e. The van der Waals surface area contributed by atoms with Crippen molar-refractivity contribution in [2.45, 2.75) is 25.4 Å². The zero-order chi connectivity index (χ0) is 6.57. The fourth-order valence-corrected chi connectivity index (χ4v) is 0.412. The van der Waals surface area contributed by atoms with Crippen LogP contribution in [-0.2, 0) is 0 Å². The molecule has 0 aromatic heterocycles. The number of aliphatic hydroxyl groups excluding tert-OH is 1. The molecule has 0 aliphatic rings. The van der Waals surface area contributed by atoms with Crippen molar-refractivity contribution in [1.29, 1.82) is 0 Å². The van der Waals surface area contributed by atoms with Crippen LogP contribution in [-0.4, -0.2) is 23.8 Å². The van der Waals surface area contributed by atoms with Gasteiger partial charge in [0.05, 0.1) is 0 Å². The lowest BCUT2D eigenvalue weighted by Gasteiger charge is -2.12. The van der Waals surface area contributed by atoms with E-state index < -0.39 is 0 Å². The maximum absolute atomic E-state index is 8.35. The Morgan fingerprint density at radius 3 is 1.80 bits per heavy atom. The van der Waals surface area contributed by atoms with Gasteiger partial charge in [-0.2, -0.15) is 0 Å². The molecule has 10 heavy (non-hydrogen) atoms. The number of halogens is 2. The van der Waals surface area contributed by atoms with Gasteiger partial charge in [0.25, 0.3) is 0 Å². The highest BCUT2D eigenvalue weighted by Gasteiger charge is 2.04. The van der Waals surface area contributed by atoms with Gasteiger partial charge in [0.1, 0.15) is 0 Å². The zero-order valence-corrected chi connectivity index (χ0v) is 5.99. The molecule has 2 atom stereocenters. The average molecular weight is 158 g/mol. The second-order valence-electron chi connectivity index (χ2n) is 2.04. The first-order valence-corrected chi connectivity index (χ1v) is 2.80. The van der Waals surface area contributed by atoms with Gasteiger partial charge in [-0.1, -0.05) is 0 Å².